The molecule has 4 atom stereocenters. The quantitative estimate of drug-likeness (QED) is 0.474. The number of ether oxygens (including phenoxy) is 4. The van der Waals surface area contributed by atoms with Crippen molar-refractivity contribution in [3.05, 3.63) is 52.6 Å². The molecule has 1 amide bonds. The van der Waals surface area contributed by atoms with Crippen LogP contribution in [0.5, 0.6) is 0 Å². The first kappa shape index (κ1) is 23.1. The average molecular weight is 483 g/mol. The van der Waals surface area contributed by atoms with E-state index < -0.39 is 29.5 Å². The van der Waals surface area contributed by atoms with Gasteiger partial charge in [-0.2, -0.15) is 4.98 Å². The van der Waals surface area contributed by atoms with Crippen LogP contribution in [0, 0.1) is 0 Å². The summed E-state index contributed by atoms with van der Waals surface area (Å²) in [6, 6.07) is 9.70. The van der Waals surface area contributed by atoms with Crippen LogP contribution < -0.4 is 10.9 Å². The summed E-state index contributed by atoms with van der Waals surface area (Å²) in [5.74, 6) is -0.811. The lowest BCUT2D eigenvalue weighted by Gasteiger charge is -2.42. The zero-order valence-corrected chi connectivity index (χ0v) is 19.2. The lowest BCUT2D eigenvalue weighted by atomic mass is 9.91. The number of H-pyrrole nitrogens is 1. The van der Waals surface area contributed by atoms with Gasteiger partial charge in [-0.15, -0.1) is 0 Å². The van der Waals surface area contributed by atoms with Gasteiger partial charge in [0.2, 0.25) is 11.9 Å². The van der Waals surface area contributed by atoms with Crippen molar-refractivity contribution in [3.63, 3.8) is 0 Å². The molecule has 0 radical (unpaired) electrons. The molecule has 12 nitrogen and oxygen atoms in total. The van der Waals surface area contributed by atoms with Crippen LogP contribution in [0.15, 0.2) is 41.5 Å². The summed E-state index contributed by atoms with van der Waals surface area (Å²) in [6.07, 6.45) is 0.333. The second kappa shape index (κ2) is 9.21. The van der Waals surface area contributed by atoms with Gasteiger partial charge in [0.25, 0.3) is 5.56 Å². The largest absolute Gasteiger partial charge is 0.463 e. The molecule has 2 N–H and O–H groups in total. The Balaban J connectivity index is 1.44. The summed E-state index contributed by atoms with van der Waals surface area (Å²) < 4.78 is 25.6. The molecule has 2 aromatic heterocycles. The van der Waals surface area contributed by atoms with Gasteiger partial charge in [0.15, 0.2) is 16.8 Å². The van der Waals surface area contributed by atoms with Crippen LogP contribution in [-0.4, -0.2) is 62.4 Å². The van der Waals surface area contributed by atoms with E-state index in [1.165, 1.54) is 20.2 Å². The van der Waals surface area contributed by atoms with Crippen molar-refractivity contribution in [2.24, 2.45) is 0 Å². The summed E-state index contributed by atoms with van der Waals surface area (Å²) in [4.78, 5) is 46.7. The molecule has 1 unspecified atom stereocenters. The third-order valence-electron chi connectivity index (χ3n) is 6.04. The molecule has 5 rings (SSSR count). The first-order valence-corrected chi connectivity index (χ1v) is 11.2. The van der Waals surface area contributed by atoms with E-state index in [1.54, 1.807) is 4.57 Å². The number of benzene rings is 1. The molecule has 0 aliphatic carbocycles. The van der Waals surface area contributed by atoms with Gasteiger partial charge < -0.3 is 18.9 Å². The summed E-state index contributed by atoms with van der Waals surface area (Å²) in [5, 5.41) is 2.45. The SMILES string of the molecule is CC(=O)Nc1nc2ncn([C@H]3CC4OC[C@](COC(C)=O)(O3)[C@H]4OCc3ccccc3)c2c(=O)[nH]1. The Labute approximate surface area is 199 Å². The van der Waals surface area contributed by atoms with Crippen LogP contribution in [0.2, 0.25) is 0 Å². The molecular formula is C23H25N5O7. The molecule has 2 aliphatic rings. The van der Waals surface area contributed by atoms with Gasteiger partial charge in [-0.1, -0.05) is 30.3 Å². The molecule has 2 aliphatic heterocycles. The number of hydrogen-bond donors (Lipinski definition) is 2. The standard InChI is InChI=1S/C23H25N5O7/c1-13(29)25-22-26-20-18(21(31)27-22)28(12-24-20)17-8-16-19(32-9-15-6-4-3-5-7-15)23(35-17,11-34-16)10-33-14(2)30/h3-7,12,16-17,19H,8-11H2,1-2H3,(H2,25,26,27,29,31)/t16?,17-,19+,23+/m1/s1. The number of esters is 1. The molecule has 2 fully saturated rings. The monoisotopic (exact) mass is 483 g/mol. The molecule has 2 saturated heterocycles. The van der Waals surface area contributed by atoms with E-state index in [0.29, 0.717) is 13.0 Å². The number of nitrogens with zero attached hydrogens (tertiary/aromatic N) is 3. The highest BCUT2D eigenvalue weighted by atomic mass is 16.6. The third-order valence-corrected chi connectivity index (χ3v) is 6.04. The molecule has 0 saturated carbocycles. The Morgan fingerprint density at radius 3 is 2.83 bits per heavy atom. The first-order chi connectivity index (χ1) is 16.8. The molecular weight excluding hydrogens is 458 g/mol. The van der Waals surface area contributed by atoms with Gasteiger partial charge in [-0.05, 0) is 5.56 Å². The second-order valence-electron chi connectivity index (χ2n) is 8.64. The van der Waals surface area contributed by atoms with Crippen molar-refractivity contribution in [1.29, 1.82) is 0 Å². The lowest BCUT2D eigenvalue weighted by Crippen LogP contribution is -2.56. The minimum atomic E-state index is -1.07. The average Bonchev–Trinajstić information content (AvgIpc) is 3.33. The zero-order valence-electron chi connectivity index (χ0n) is 19.2. The number of hydrogen-bond acceptors (Lipinski definition) is 9. The minimum absolute atomic E-state index is 0.00826. The van der Waals surface area contributed by atoms with Crippen LogP contribution in [0.3, 0.4) is 0 Å². The molecule has 0 spiro atoms. The van der Waals surface area contributed by atoms with Gasteiger partial charge in [-0.3, -0.25) is 29.3 Å². The number of rotatable bonds is 7. The molecule has 1 aromatic carbocycles. The number of anilines is 1. The third kappa shape index (κ3) is 4.55. The fraction of sp³-hybridized carbons (Fsp3) is 0.435. The van der Waals surface area contributed by atoms with E-state index in [-0.39, 0.29) is 42.3 Å². The molecule has 4 heterocycles. The van der Waals surface area contributed by atoms with E-state index in [2.05, 4.69) is 20.3 Å². The highest BCUT2D eigenvalue weighted by Crippen LogP contribution is 2.44. The number of nitrogens with one attached hydrogen (secondary N) is 2. The Bertz CT molecular complexity index is 1310. The van der Waals surface area contributed by atoms with Crippen molar-refractivity contribution < 1.29 is 28.5 Å². The second-order valence-corrected chi connectivity index (χ2v) is 8.64. The topological polar surface area (TPSA) is 147 Å². The van der Waals surface area contributed by atoms with Crippen LogP contribution >= 0.6 is 0 Å². The molecule has 35 heavy (non-hydrogen) atoms. The lowest BCUT2D eigenvalue weighted by molar-refractivity contribution is -0.227. The Hall–Kier alpha value is -3.61. The fourth-order valence-electron chi connectivity index (χ4n) is 4.54. The van der Waals surface area contributed by atoms with Gasteiger partial charge in [-0.25, -0.2) is 4.98 Å². The van der Waals surface area contributed by atoms with Gasteiger partial charge >= 0.3 is 5.97 Å². The van der Waals surface area contributed by atoms with E-state index in [0.717, 1.165) is 5.56 Å². The Kier molecular flexibility index (Phi) is 6.09. The maximum atomic E-state index is 12.8. The number of fused-ring (bicyclic) bond motifs is 3. The normalized spacial score (nSPS) is 25.5. The first-order valence-electron chi connectivity index (χ1n) is 11.2. The van der Waals surface area contributed by atoms with Crippen LogP contribution in [0.25, 0.3) is 11.2 Å². The Morgan fingerprint density at radius 1 is 1.29 bits per heavy atom. The minimum Gasteiger partial charge on any atom is -0.463 e. The van der Waals surface area contributed by atoms with Crippen molar-refractivity contribution in [1.82, 2.24) is 19.5 Å². The number of amides is 1. The maximum Gasteiger partial charge on any atom is 0.302 e. The summed E-state index contributed by atoms with van der Waals surface area (Å²) >= 11 is 0. The highest BCUT2D eigenvalue weighted by molar-refractivity contribution is 5.87. The summed E-state index contributed by atoms with van der Waals surface area (Å²) in [5.41, 5.74) is -0.212. The predicted octanol–water partition coefficient (Wildman–Crippen LogP) is 1.28. The number of aromatic nitrogens is 4. The van der Waals surface area contributed by atoms with E-state index in [4.69, 9.17) is 18.9 Å². The van der Waals surface area contributed by atoms with Gasteiger partial charge in [0, 0.05) is 20.3 Å². The highest BCUT2D eigenvalue weighted by Gasteiger charge is 2.58. The molecule has 184 valence electrons. The Morgan fingerprint density at radius 2 is 2.09 bits per heavy atom. The van der Waals surface area contributed by atoms with Gasteiger partial charge in [0.1, 0.15) is 18.9 Å². The van der Waals surface area contributed by atoms with E-state index in [1.807, 2.05) is 30.3 Å². The predicted molar refractivity (Wildman–Crippen MR) is 121 cm³/mol. The summed E-state index contributed by atoms with van der Waals surface area (Å²) in [7, 11) is 0. The zero-order chi connectivity index (χ0) is 24.6. The van der Waals surface area contributed by atoms with Crippen molar-refractivity contribution in [2.45, 2.75) is 50.9 Å². The van der Waals surface area contributed by atoms with Crippen LogP contribution in [0.4, 0.5) is 5.95 Å². The molecule has 2 bridgehead atoms. The number of carbonyl (C=O) groups excluding carboxylic acids is 2. The van der Waals surface area contributed by atoms with Crippen LogP contribution in [-0.2, 0) is 35.1 Å². The van der Waals surface area contributed by atoms with Crippen molar-refractivity contribution in [3.8, 4) is 0 Å². The molecule has 12 heteroatoms. The van der Waals surface area contributed by atoms with Crippen molar-refractivity contribution in [2.75, 3.05) is 18.5 Å². The fourth-order valence-corrected chi connectivity index (χ4v) is 4.54. The molecule has 3 aromatic rings. The van der Waals surface area contributed by atoms with Gasteiger partial charge in [0.05, 0.1) is 25.6 Å². The smallest absolute Gasteiger partial charge is 0.302 e. The van der Waals surface area contributed by atoms with E-state index in [9.17, 15) is 14.4 Å². The van der Waals surface area contributed by atoms with Crippen LogP contribution in [0.1, 0.15) is 32.1 Å². The maximum absolute atomic E-state index is 12.8. The number of carbonyl (C=O) groups is 2. The van der Waals surface area contributed by atoms with Crippen molar-refractivity contribution >= 4 is 29.0 Å². The number of aromatic amines is 1. The number of imidazole rings is 1. The summed E-state index contributed by atoms with van der Waals surface area (Å²) in [6.45, 7) is 3.07. The van der Waals surface area contributed by atoms with E-state index >= 15 is 0 Å².